The second-order valence-corrected chi connectivity index (χ2v) is 17.1. The van der Waals surface area contributed by atoms with Crippen LogP contribution in [0.25, 0.3) is 4.85 Å². The van der Waals surface area contributed by atoms with Gasteiger partial charge in [0.1, 0.15) is 11.9 Å². The maximum atomic E-state index is 16.0. The molecule has 0 saturated carbocycles. The van der Waals surface area contributed by atoms with Crippen LogP contribution in [0.2, 0.25) is 5.02 Å². The van der Waals surface area contributed by atoms with Gasteiger partial charge in [0.2, 0.25) is 17.5 Å². The van der Waals surface area contributed by atoms with Crippen molar-refractivity contribution in [2.45, 2.75) is 56.8 Å². The minimum Gasteiger partial charge on any atom is -0.370 e. The third-order valence-corrected chi connectivity index (χ3v) is 13.3. The largest absolute Gasteiger partial charge is 0.370 e. The van der Waals surface area contributed by atoms with Crippen LogP contribution >= 0.6 is 11.6 Å². The minimum absolute atomic E-state index is 0.0577. The highest BCUT2D eigenvalue weighted by atomic mass is 35.5. The van der Waals surface area contributed by atoms with Crippen LogP contribution in [-0.2, 0) is 9.59 Å². The average Bonchev–Trinajstić information content (AvgIpc) is 3.65. The molecule has 57 heavy (non-hydrogen) atoms. The Kier molecular flexibility index (Phi) is 9.35. The number of amides is 4. The Morgan fingerprint density at radius 3 is 2.26 bits per heavy atom. The summed E-state index contributed by atoms with van der Waals surface area (Å²) in [5, 5.41) is 2.72. The molecule has 7 heterocycles. The van der Waals surface area contributed by atoms with Gasteiger partial charge in [-0.05, 0) is 80.5 Å². The molecule has 0 bridgehead atoms. The maximum Gasteiger partial charge on any atom is 0.262 e. The second kappa shape index (κ2) is 14.3. The second-order valence-electron chi connectivity index (χ2n) is 16.7. The van der Waals surface area contributed by atoms with E-state index in [0.29, 0.717) is 29.0 Å². The molecule has 1 spiro atoms. The van der Waals surface area contributed by atoms with Gasteiger partial charge in [-0.3, -0.25) is 34.3 Å². The number of rotatable bonds is 7. The molecule has 4 amide bonds. The molecule has 0 radical (unpaired) electrons. The zero-order valence-electron chi connectivity index (χ0n) is 31.9. The number of piperazine rings is 1. The van der Waals surface area contributed by atoms with E-state index >= 15 is 4.39 Å². The van der Waals surface area contributed by atoms with E-state index in [1.54, 1.807) is 18.2 Å². The summed E-state index contributed by atoms with van der Waals surface area (Å²) >= 11 is 6.38. The number of benzene rings is 2. The van der Waals surface area contributed by atoms with Crippen molar-refractivity contribution in [3.8, 4) is 0 Å². The summed E-state index contributed by atoms with van der Waals surface area (Å²) in [6.45, 7) is 16.2. The Labute approximate surface area is 336 Å². The number of piperidine rings is 2. The van der Waals surface area contributed by atoms with E-state index in [1.807, 2.05) is 29.3 Å². The summed E-state index contributed by atoms with van der Waals surface area (Å²) in [6, 6.07) is 14.3. The van der Waals surface area contributed by atoms with Gasteiger partial charge in [-0.2, -0.15) is 0 Å². The van der Waals surface area contributed by atoms with Crippen molar-refractivity contribution in [3.05, 3.63) is 82.3 Å². The van der Waals surface area contributed by atoms with Crippen molar-refractivity contribution in [1.29, 1.82) is 0 Å². The van der Waals surface area contributed by atoms with E-state index in [0.717, 1.165) is 87.2 Å². The van der Waals surface area contributed by atoms with Crippen molar-refractivity contribution in [2.24, 2.45) is 5.41 Å². The lowest BCUT2D eigenvalue weighted by Crippen LogP contribution is -2.65. The number of hydrogen-bond acceptors (Lipinski definition) is 10. The van der Waals surface area contributed by atoms with Gasteiger partial charge >= 0.3 is 0 Å². The number of pyridine rings is 1. The number of nitrogens with one attached hydrogen (secondary N) is 1. The number of halogens is 2. The Hall–Kier alpha value is -5.26. The highest BCUT2D eigenvalue weighted by Gasteiger charge is 2.48. The number of hydrogen-bond donors (Lipinski definition) is 1. The van der Waals surface area contributed by atoms with Gasteiger partial charge in [0.15, 0.2) is 5.67 Å². The molecule has 1 aromatic heterocycles. The van der Waals surface area contributed by atoms with Crippen molar-refractivity contribution < 1.29 is 23.6 Å². The summed E-state index contributed by atoms with van der Waals surface area (Å²) in [7, 11) is 0. The van der Waals surface area contributed by atoms with Crippen molar-refractivity contribution >= 4 is 63.8 Å². The molecule has 1 N–H and O–H groups in total. The van der Waals surface area contributed by atoms with Gasteiger partial charge in [0.05, 0.1) is 42.7 Å². The molecule has 296 valence electrons. The number of imide groups is 2. The van der Waals surface area contributed by atoms with E-state index in [-0.39, 0.29) is 42.5 Å². The molecule has 13 nitrogen and oxygen atoms in total. The third-order valence-electron chi connectivity index (χ3n) is 13.0. The smallest absolute Gasteiger partial charge is 0.262 e. The summed E-state index contributed by atoms with van der Waals surface area (Å²) < 4.78 is 16.0. The van der Waals surface area contributed by atoms with E-state index in [2.05, 4.69) is 48.8 Å². The molecular weight excluding hydrogens is 749 g/mol. The van der Waals surface area contributed by atoms with Crippen LogP contribution in [0.4, 0.5) is 33.0 Å². The highest BCUT2D eigenvalue weighted by molar-refractivity contribution is 6.33. The van der Waals surface area contributed by atoms with Crippen LogP contribution in [0.5, 0.6) is 0 Å². The Balaban J connectivity index is 0.739. The molecule has 6 aliphatic rings. The summed E-state index contributed by atoms with van der Waals surface area (Å²) in [4.78, 5) is 70.8. The number of fused-ring (bicyclic) bond motifs is 1. The summed E-state index contributed by atoms with van der Waals surface area (Å²) in [6.07, 6.45) is 5.50. The number of carbonyl (C=O) groups is 4. The minimum atomic E-state index is -1.40. The predicted molar refractivity (Wildman–Crippen MR) is 215 cm³/mol. The van der Waals surface area contributed by atoms with Crippen LogP contribution < -0.4 is 24.9 Å². The van der Waals surface area contributed by atoms with Crippen molar-refractivity contribution in [3.63, 3.8) is 0 Å². The third kappa shape index (κ3) is 6.84. The molecule has 5 saturated heterocycles. The van der Waals surface area contributed by atoms with Crippen molar-refractivity contribution in [2.75, 3.05) is 85.0 Å². The Morgan fingerprint density at radius 1 is 0.860 bits per heavy atom. The molecule has 1 unspecified atom stereocenters. The van der Waals surface area contributed by atoms with Crippen LogP contribution in [-0.4, -0.2) is 122 Å². The fourth-order valence-electron chi connectivity index (χ4n) is 9.90. The number of aromatic nitrogens is 1. The average molecular weight is 794 g/mol. The van der Waals surface area contributed by atoms with Gasteiger partial charge in [-0.15, -0.1) is 0 Å². The number of anilines is 4. The van der Waals surface area contributed by atoms with E-state index in [1.165, 1.54) is 0 Å². The fourth-order valence-corrected chi connectivity index (χ4v) is 10.1. The number of nitrogens with zero attached hydrogens (tertiary/aromatic N) is 8. The lowest BCUT2D eigenvalue weighted by molar-refractivity contribution is -0.136. The predicted octanol–water partition coefficient (Wildman–Crippen LogP) is 4.92. The van der Waals surface area contributed by atoms with Crippen molar-refractivity contribution in [1.82, 2.24) is 20.1 Å². The lowest BCUT2D eigenvalue weighted by atomic mass is 9.76. The lowest BCUT2D eigenvalue weighted by Gasteiger charge is -2.49. The first-order valence-corrected chi connectivity index (χ1v) is 20.2. The molecule has 0 aliphatic carbocycles. The van der Waals surface area contributed by atoms with Crippen LogP contribution in [0, 0.1) is 12.0 Å². The normalized spacial score (nSPS) is 24.5. The first kappa shape index (κ1) is 37.3. The van der Waals surface area contributed by atoms with E-state index in [9.17, 15) is 19.2 Å². The maximum absolute atomic E-state index is 16.0. The Morgan fingerprint density at radius 2 is 1.58 bits per heavy atom. The van der Waals surface area contributed by atoms with Gasteiger partial charge in [-0.25, -0.2) is 14.2 Å². The summed E-state index contributed by atoms with van der Waals surface area (Å²) in [5.41, 5.74) is 2.64. The highest BCUT2D eigenvalue weighted by Crippen LogP contribution is 2.46. The molecular formula is C42H45ClFN9O4. The quantitative estimate of drug-likeness (QED) is 0.261. The van der Waals surface area contributed by atoms with Gasteiger partial charge in [-0.1, -0.05) is 17.7 Å². The molecule has 2 atom stereocenters. The van der Waals surface area contributed by atoms with E-state index < -0.39 is 35.3 Å². The van der Waals surface area contributed by atoms with E-state index in [4.69, 9.17) is 23.2 Å². The van der Waals surface area contributed by atoms with Crippen LogP contribution in [0.3, 0.4) is 0 Å². The molecule has 6 aliphatic heterocycles. The van der Waals surface area contributed by atoms with Gasteiger partial charge < -0.3 is 19.6 Å². The van der Waals surface area contributed by atoms with Gasteiger partial charge in [0, 0.05) is 81.2 Å². The first-order valence-electron chi connectivity index (χ1n) is 19.8. The fraction of sp³-hybridized carbons (Fsp3) is 0.476. The van der Waals surface area contributed by atoms with Crippen LogP contribution in [0.1, 0.15) is 59.7 Å². The summed E-state index contributed by atoms with van der Waals surface area (Å²) in [5.74, 6) is -1.26. The van der Waals surface area contributed by atoms with Crippen LogP contribution in [0.15, 0.2) is 54.7 Å². The monoisotopic (exact) mass is 793 g/mol. The zero-order chi connectivity index (χ0) is 39.6. The zero-order valence-corrected chi connectivity index (χ0v) is 32.7. The number of carbonyl (C=O) groups excluding carboxylic acids is 4. The molecule has 5 fully saturated rings. The first-order chi connectivity index (χ1) is 27.4. The number of alkyl halides is 1. The molecule has 15 heteroatoms. The standard InChI is InChI=1S/C42H45ClFN9O4/c1-27-21-41(23-52(27)29-4-7-34(45-2)33(43)20-29)11-13-49(14-12-41)30-5-9-36(46-22-30)50-17-15-48(16-18-50)24-42(44)25-51(26-42)28-3-6-31-32(19-28)40(57)53(39(31)56)35-8-10-37(54)47-38(35)55/h3-7,9,19-20,22,27,35H,8,10-18,21,23-26H2,1H3,(H,47,54,55)/t27-,35?/m0/s1. The molecule has 3 aromatic rings. The molecule has 2 aromatic carbocycles. The topological polar surface area (TPSA) is 117 Å². The van der Waals surface area contributed by atoms with Gasteiger partial charge in [0.25, 0.3) is 11.8 Å². The molecule has 9 rings (SSSR count). The Bertz CT molecular complexity index is 2170. The SMILES string of the molecule is [C-]#[N+]c1ccc(N2CC3(CCN(c4ccc(N5CCN(CC6(F)CN(c7ccc8c(c7)C(=O)N(C7CCC(=O)NC7=O)C8=O)C6)CC5)nc4)CC3)C[C@@H]2C)cc1Cl.